The van der Waals surface area contributed by atoms with Gasteiger partial charge in [-0.2, -0.15) is 0 Å². The predicted molar refractivity (Wildman–Crippen MR) is 70.6 cm³/mol. The van der Waals surface area contributed by atoms with E-state index in [0.29, 0.717) is 23.7 Å². The van der Waals surface area contributed by atoms with Crippen molar-refractivity contribution in [2.24, 2.45) is 0 Å². The van der Waals surface area contributed by atoms with E-state index in [-0.39, 0.29) is 5.91 Å². The lowest BCUT2D eigenvalue weighted by atomic mass is 10.2. The van der Waals surface area contributed by atoms with Crippen LogP contribution in [0.15, 0.2) is 36.7 Å². The number of aromatic nitrogens is 2. The summed E-state index contributed by atoms with van der Waals surface area (Å²) >= 11 is 0. The van der Waals surface area contributed by atoms with E-state index in [1.54, 1.807) is 25.4 Å². The Hall–Kier alpha value is -2.50. The average Bonchev–Trinajstić information content (AvgIpc) is 2.43. The zero-order valence-corrected chi connectivity index (χ0v) is 10.4. The number of nitrogens with one attached hydrogen (secondary N) is 2. The summed E-state index contributed by atoms with van der Waals surface area (Å²) in [5.41, 5.74) is 0.897. The Labute approximate surface area is 109 Å². The van der Waals surface area contributed by atoms with Crippen LogP contribution < -0.4 is 10.6 Å². The van der Waals surface area contributed by atoms with Crippen molar-refractivity contribution in [1.82, 2.24) is 9.97 Å². The molecule has 0 aliphatic carbocycles. The fourth-order valence-corrected chi connectivity index (χ4v) is 1.45. The van der Waals surface area contributed by atoms with Crippen molar-refractivity contribution in [3.8, 4) is 0 Å². The molecule has 0 aliphatic heterocycles. The molecule has 0 saturated heterocycles. The molecule has 1 aromatic carbocycles. The molecule has 19 heavy (non-hydrogen) atoms. The van der Waals surface area contributed by atoms with Crippen molar-refractivity contribution >= 4 is 23.2 Å². The highest BCUT2D eigenvalue weighted by molar-refractivity contribution is 5.94. The summed E-state index contributed by atoms with van der Waals surface area (Å²) in [5.74, 6) is -0.225. The number of carbonyl (C=O) groups is 1. The van der Waals surface area contributed by atoms with Gasteiger partial charge >= 0.3 is 0 Å². The molecule has 0 radical (unpaired) electrons. The third-order valence-electron chi connectivity index (χ3n) is 2.39. The third-order valence-corrected chi connectivity index (χ3v) is 2.39. The number of benzene rings is 1. The third kappa shape index (κ3) is 3.48. The van der Waals surface area contributed by atoms with Gasteiger partial charge in [0.1, 0.15) is 5.82 Å². The van der Waals surface area contributed by atoms with E-state index in [4.69, 9.17) is 0 Å². The van der Waals surface area contributed by atoms with E-state index in [1.165, 1.54) is 18.2 Å². The maximum absolute atomic E-state index is 13.3. The summed E-state index contributed by atoms with van der Waals surface area (Å²) in [5, 5.41) is 5.55. The highest BCUT2D eigenvalue weighted by atomic mass is 19.1. The van der Waals surface area contributed by atoms with Crippen LogP contribution in [0.4, 0.5) is 21.7 Å². The quantitative estimate of drug-likeness (QED) is 0.887. The zero-order valence-electron chi connectivity index (χ0n) is 10.4. The molecule has 0 atom stereocenters. The highest BCUT2D eigenvalue weighted by Crippen LogP contribution is 2.25. The van der Waals surface area contributed by atoms with Crippen molar-refractivity contribution in [2.45, 2.75) is 13.3 Å². The van der Waals surface area contributed by atoms with Crippen LogP contribution in [0.25, 0.3) is 0 Å². The second kappa shape index (κ2) is 5.90. The lowest BCUT2D eigenvalue weighted by Crippen LogP contribution is -2.11. The molecule has 0 saturated carbocycles. The molecule has 5 nitrogen and oxygen atoms in total. The largest absolute Gasteiger partial charge is 0.324 e. The first-order chi connectivity index (χ1) is 9.19. The standard InChI is InChI=1S/C13H13FN4O/c1-2-12(19)17-10-5-4-9(14)8-11(10)18-13-15-6-3-7-16-13/h3-8H,2H2,1H3,(H,17,19)(H,15,16,18). The van der Waals surface area contributed by atoms with Gasteiger partial charge in [-0.05, 0) is 24.3 Å². The summed E-state index contributed by atoms with van der Waals surface area (Å²) < 4.78 is 13.3. The molecular formula is C13H13FN4O. The zero-order chi connectivity index (χ0) is 13.7. The predicted octanol–water partition coefficient (Wildman–Crippen LogP) is 2.71. The van der Waals surface area contributed by atoms with Crippen molar-refractivity contribution in [1.29, 1.82) is 0 Å². The van der Waals surface area contributed by atoms with Gasteiger partial charge in [-0.1, -0.05) is 6.92 Å². The van der Waals surface area contributed by atoms with E-state index >= 15 is 0 Å². The minimum Gasteiger partial charge on any atom is -0.324 e. The van der Waals surface area contributed by atoms with Crippen LogP contribution in [-0.2, 0) is 4.79 Å². The van der Waals surface area contributed by atoms with Crippen LogP contribution in [0.3, 0.4) is 0 Å². The van der Waals surface area contributed by atoms with Crippen LogP contribution >= 0.6 is 0 Å². The van der Waals surface area contributed by atoms with Crippen molar-refractivity contribution in [3.63, 3.8) is 0 Å². The number of hydrogen-bond acceptors (Lipinski definition) is 4. The number of halogens is 1. The van der Waals surface area contributed by atoms with Gasteiger partial charge in [-0.3, -0.25) is 4.79 Å². The fraction of sp³-hybridized carbons (Fsp3) is 0.154. The Morgan fingerprint density at radius 1 is 1.26 bits per heavy atom. The number of rotatable bonds is 4. The van der Waals surface area contributed by atoms with E-state index in [9.17, 15) is 9.18 Å². The minimum atomic E-state index is -0.409. The van der Waals surface area contributed by atoms with Gasteiger partial charge < -0.3 is 10.6 Å². The summed E-state index contributed by atoms with van der Waals surface area (Å²) in [7, 11) is 0. The Bertz CT molecular complexity index is 574. The topological polar surface area (TPSA) is 66.9 Å². The van der Waals surface area contributed by atoms with Crippen LogP contribution in [0.2, 0.25) is 0 Å². The van der Waals surface area contributed by atoms with Gasteiger partial charge in [-0.15, -0.1) is 0 Å². The van der Waals surface area contributed by atoms with Crippen molar-refractivity contribution in [3.05, 3.63) is 42.5 Å². The first-order valence-corrected chi connectivity index (χ1v) is 5.82. The molecule has 0 unspecified atom stereocenters. The van der Waals surface area contributed by atoms with Gasteiger partial charge in [0, 0.05) is 18.8 Å². The molecule has 1 heterocycles. The minimum absolute atomic E-state index is 0.149. The average molecular weight is 260 g/mol. The Balaban J connectivity index is 2.27. The molecule has 0 spiro atoms. The first-order valence-electron chi connectivity index (χ1n) is 5.82. The van der Waals surface area contributed by atoms with Crippen molar-refractivity contribution in [2.75, 3.05) is 10.6 Å². The smallest absolute Gasteiger partial charge is 0.227 e. The number of hydrogen-bond donors (Lipinski definition) is 2. The summed E-state index contributed by atoms with van der Waals surface area (Å²) in [6, 6.07) is 5.73. The Morgan fingerprint density at radius 2 is 2.00 bits per heavy atom. The van der Waals surface area contributed by atoms with E-state index in [0.717, 1.165) is 0 Å². The molecule has 0 aliphatic rings. The molecule has 1 amide bonds. The summed E-state index contributed by atoms with van der Waals surface area (Å²) in [4.78, 5) is 19.4. The second-order valence-electron chi connectivity index (χ2n) is 3.79. The van der Waals surface area contributed by atoms with Gasteiger partial charge in [0.05, 0.1) is 11.4 Å². The van der Waals surface area contributed by atoms with E-state index in [1.807, 2.05) is 0 Å². The molecular weight excluding hydrogens is 247 g/mol. The molecule has 2 aromatic rings. The number of amides is 1. The lowest BCUT2D eigenvalue weighted by molar-refractivity contribution is -0.115. The number of anilines is 3. The highest BCUT2D eigenvalue weighted by Gasteiger charge is 2.08. The maximum atomic E-state index is 13.3. The SMILES string of the molecule is CCC(=O)Nc1ccc(F)cc1Nc1ncccn1. The summed E-state index contributed by atoms with van der Waals surface area (Å²) in [6.45, 7) is 1.74. The maximum Gasteiger partial charge on any atom is 0.227 e. The normalized spacial score (nSPS) is 10.0. The lowest BCUT2D eigenvalue weighted by Gasteiger charge is -2.11. The molecule has 0 bridgehead atoms. The number of nitrogens with zero attached hydrogens (tertiary/aromatic N) is 2. The van der Waals surface area contributed by atoms with Gasteiger partial charge in [0.25, 0.3) is 0 Å². The van der Waals surface area contributed by atoms with Crippen LogP contribution in [0, 0.1) is 5.82 Å². The molecule has 0 fully saturated rings. The van der Waals surface area contributed by atoms with Crippen LogP contribution in [0.1, 0.15) is 13.3 Å². The second-order valence-corrected chi connectivity index (χ2v) is 3.79. The molecule has 98 valence electrons. The summed E-state index contributed by atoms with van der Waals surface area (Å²) in [6.07, 6.45) is 3.48. The number of carbonyl (C=O) groups excluding carboxylic acids is 1. The Kier molecular flexibility index (Phi) is 4.02. The van der Waals surface area contributed by atoms with Gasteiger partial charge in [0.15, 0.2) is 0 Å². The molecule has 2 rings (SSSR count). The van der Waals surface area contributed by atoms with Crippen LogP contribution in [0.5, 0.6) is 0 Å². The van der Waals surface area contributed by atoms with E-state index < -0.39 is 5.82 Å². The molecule has 6 heteroatoms. The monoisotopic (exact) mass is 260 g/mol. The van der Waals surface area contributed by atoms with Gasteiger partial charge in [0.2, 0.25) is 11.9 Å². The molecule has 2 N–H and O–H groups in total. The molecule has 1 aromatic heterocycles. The Morgan fingerprint density at radius 3 is 2.68 bits per heavy atom. The van der Waals surface area contributed by atoms with E-state index in [2.05, 4.69) is 20.6 Å². The van der Waals surface area contributed by atoms with Crippen LogP contribution in [-0.4, -0.2) is 15.9 Å². The van der Waals surface area contributed by atoms with Gasteiger partial charge in [-0.25, -0.2) is 14.4 Å². The fourth-order valence-electron chi connectivity index (χ4n) is 1.45. The van der Waals surface area contributed by atoms with Crippen molar-refractivity contribution < 1.29 is 9.18 Å². The first kappa shape index (κ1) is 12.9.